The van der Waals surface area contributed by atoms with E-state index >= 15 is 0 Å². The summed E-state index contributed by atoms with van der Waals surface area (Å²) in [7, 11) is 0. The number of rotatable bonds is 6. The molecule has 0 aromatic carbocycles. The number of aliphatic hydroxyl groups excluding tert-OH is 8. The monoisotopic (exact) mass is 753 g/mol. The molecule has 0 bridgehead atoms. The highest BCUT2D eigenvalue weighted by Crippen LogP contribution is 2.78. The Kier molecular flexibility index (Phi) is 10.4. The van der Waals surface area contributed by atoms with Crippen LogP contribution in [0.2, 0.25) is 0 Å². The Hall–Kier alpha value is -0.440. The molecule has 306 valence electrons. The number of hydrogen-bond acceptors (Lipinski definition) is 11. The van der Waals surface area contributed by atoms with E-state index in [0.29, 0.717) is 29.6 Å². The maximum Gasteiger partial charge on any atom is 0.203 e. The largest absolute Gasteiger partial charge is 0.394 e. The van der Waals surface area contributed by atoms with Gasteiger partial charge in [-0.05, 0) is 127 Å². The van der Waals surface area contributed by atoms with Gasteiger partial charge in [0.25, 0.3) is 0 Å². The molecule has 11 nitrogen and oxygen atoms in total. The summed E-state index contributed by atoms with van der Waals surface area (Å²) in [6.45, 7) is 18.2. The molecule has 2 heterocycles. The third-order valence-corrected chi connectivity index (χ3v) is 18.4. The maximum atomic E-state index is 12.0. The molecule has 7 fully saturated rings. The number of fused-ring (bicyclic) bond motifs is 7. The fraction of sp³-hybridized carbons (Fsp3) is 1.00. The molecule has 11 heteroatoms. The molecule has 0 radical (unpaired) electrons. The van der Waals surface area contributed by atoms with Gasteiger partial charge in [0.1, 0.15) is 48.8 Å². The zero-order chi connectivity index (χ0) is 38.8. The van der Waals surface area contributed by atoms with Crippen LogP contribution in [0.15, 0.2) is 0 Å². The highest BCUT2D eigenvalue weighted by Gasteiger charge is 2.73. The van der Waals surface area contributed by atoms with E-state index in [0.717, 1.165) is 31.1 Å². The fourth-order valence-corrected chi connectivity index (χ4v) is 15.5. The van der Waals surface area contributed by atoms with E-state index < -0.39 is 85.5 Å². The van der Waals surface area contributed by atoms with Crippen molar-refractivity contribution in [3.8, 4) is 0 Å². The van der Waals surface area contributed by atoms with Gasteiger partial charge in [-0.3, -0.25) is 0 Å². The van der Waals surface area contributed by atoms with E-state index in [2.05, 4.69) is 55.4 Å². The Labute approximate surface area is 316 Å². The normalized spacial score (nSPS) is 58.0. The second-order valence-electron chi connectivity index (χ2n) is 21.0. The first-order chi connectivity index (χ1) is 24.7. The molecule has 0 amide bonds. The lowest BCUT2D eigenvalue weighted by Gasteiger charge is -2.74. The summed E-state index contributed by atoms with van der Waals surface area (Å²) in [4.78, 5) is 0. The summed E-state index contributed by atoms with van der Waals surface area (Å²) < 4.78 is 18.8. The molecule has 7 rings (SSSR count). The van der Waals surface area contributed by atoms with E-state index in [4.69, 9.17) is 14.2 Å². The first-order valence-electron chi connectivity index (χ1n) is 21.0. The van der Waals surface area contributed by atoms with Gasteiger partial charge >= 0.3 is 0 Å². The van der Waals surface area contributed by atoms with Gasteiger partial charge in [-0.2, -0.15) is 0 Å². The highest BCUT2D eigenvalue weighted by molar-refractivity contribution is 5.20. The predicted octanol–water partition coefficient (Wildman–Crippen LogP) is 3.35. The first kappa shape index (κ1) is 40.7. The van der Waals surface area contributed by atoms with Crippen LogP contribution in [0.4, 0.5) is 0 Å². The third-order valence-electron chi connectivity index (χ3n) is 18.4. The highest BCUT2D eigenvalue weighted by atomic mass is 16.8. The van der Waals surface area contributed by atoms with E-state index in [-0.39, 0.29) is 22.2 Å². The van der Waals surface area contributed by atoms with Crippen LogP contribution in [0.5, 0.6) is 0 Å². The molecule has 0 spiro atoms. The fourth-order valence-electron chi connectivity index (χ4n) is 15.5. The molecule has 2 aliphatic heterocycles. The standard InChI is InChI=1S/C42H72O11/c1-21(2)22-11-14-38(5)17-18-40(7)23(29(22)38)9-10-28-39(6)15-12-27(37(3,4)26(39)13-16-41(28,40)8)42(35(50)33(48)31(46)25(20-44)52-42)53-36-34(49)32(47)30(45)24(19-43)51-36/h21-36,43-50H,9-20H2,1-8H3/t22-,23+,24+,25+,26-,27?,28?,29?,30+,31+,32-,33-,34+,35+,36-,38+,39-,40+,41+,42-/m0/s1. The average Bonchev–Trinajstić information content (AvgIpc) is 3.46. The molecule has 2 saturated heterocycles. The van der Waals surface area contributed by atoms with Crippen molar-refractivity contribution < 1.29 is 55.1 Å². The molecule has 3 unspecified atom stereocenters. The quantitative estimate of drug-likeness (QED) is 0.199. The number of aliphatic hydroxyl groups is 8. The topological polar surface area (TPSA) is 190 Å². The van der Waals surface area contributed by atoms with Crippen molar-refractivity contribution in [1.29, 1.82) is 0 Å². The van der Waals surface area contributed by atoms with Crippen molar-refractivity contribution in [3.63, 3.8) is 0 Å². The van der Waals surface area contributed by atoms with E-state index in [1.165, 1.54) is 38.5 Å². The summed E-state index contributed by atoms with van der Waals surface area (Å²) in [6.07, 6.45) is -3.50. The van der Waals surface area contributed by atoms with Gasteiger partial charge in [0, 0.05) is 5.92 Å². The van der Waals surface area contributed by atoms with Crippen molar-refractivity contribution >= 4 is 0 Å². The zero-order valence-electron chi connectivity index (χ0n) is 33.5. The van der Waals surface area contributed by atoms with Gasteiger partial charge in [-0.1, -0.05) is 55.4 Å². The Morgan fingerprint density at radius 2 is 1.26 bits per heavy atom. The summed E-state index contributed by atoms with van der Waals surface area (Å²) >= 11 is 0. The minimum atomic E-state index is -2.09. The van der Waals surface area contributed by atoms with Crippen LogP contribution in [-0.4, -0.2) is 115 Å². The van der Waals surface area contributed by atoms with E-state index in [1.54, 1.807) is 0 Å². The van der Waals surface area contributed by atoms with Crippen LogP contribution in [0, 0.1) is 68.5 Å². The summed E-state index contributed by atoms with van der Waals surface area (Å²) in [5, 5.41) is 86.7. The van der Waals surface area contributed by atoms with E-state index in [9.17, 15) is 40.9 Å². The van der Waals surface area contributed by atoms with Crippen LogP contribution in [0.25, 0.3) is 0 Å². The average molecular weight is 753 g/mol. The van der Waals surface area contributed by atoms with Gasteiger partial charge in [0.05, 0.1) is 13.2 Å². The zero-order valence-corrected chi connectivity index (χ0v) is 33.5. The summed E-state index contributed by atoms with van der Waals surface area (Å²) in [5.41, 5.74) is 0.195. The summed E-state index contributed by atoms with van der Waals surface area (Å²) in [5.74, 6) is 0.909. The minimum absolute atomic E-state index is 0.0483. The molecular formula is C42H72O11. The van der Waals surface area contributed by atoms with Crippen LogP contribution >= 0.6 is 0 Å². The van der Waals surface area contributed by atoms with Crippen molar-refractivity contribution in [2.45, 2.75) is 181 Å². The molecule has 53 heavy (non-hydrogen) atoms. The van der Waals surface area contributed by atoms with Gasteiger partial charge in [-0.15, -0.1) is 0 Å². The predicted molar refractivity (Wildman–Crippen MR) is 196 cm³/mol. The molecule has 5 aliphatic carbocycles. The molecule has 8 N–H and O–H groups in total. The Bertz CT molecular complexity index is 1340. The van der Waals surface area contributed by atoms with Crippen LogP contribution in [-0.2, 0) is 14.2 Å². The lowest BCUT2D eigenvalue weighted by atomic mass is 9.31. The lowest BCUT2D eigenvalue weighted by Crippen LogP contribution is -2.74. The summed E-state index contributed by atoms with van der Waals surface area (Å²) in [6, 6.07) is 0. The van der Waals surface area contributed by atoms with Crippen LogP contribution in [0.1, 0.15) is 120 Å². The van der Waals surface area contributed by atoms with Gasteiger partial charge in [-0.25, -0.2) is 0 Å². The van der Waals surface area contributed by atoms with Crippen molar-refractivity contribution in [3.05, 3.63) is 0 Å². The SMILES string of the molecule is CC(C)[C@@H]1CC[C@]2(C)CC[C@]3(C)[C@H](CCC4[C@@]5(C)CCC([C@@]6(O[C@@H]7O[C@H](CO)[C@@H](O)[C@H](O)[C@H]7O)O[C@H](CO)[C@@H](O)[C@H](O)[C@H]6O)C(C)(C)[C@@H]5CC[C@]43C)C12. The van der Waals surface area contributed by atoms with Crippen LogP contribution < -0.4 is 0 Å². The van der Waals surface area contributed by atoms with Gasteiger partial charge in [0.15, 0.2) is 6.29 Å². The number of hydrogen-bond donors (Lipinski definition) is 8. The molecular weight excluding hydrogens is 680 g/mol. The van der Waals surface area contributed by atoms with E-state index in [1.807, 2.05) is 0 Å². The second kappa shape index (κ2) is 13.6. The lowest BCUT2D eigenvalue weighted by molar-refractivity contribution is -0.448. The molecule has 0 aromatic heterocycles. The van der Waals surface area contributed by atoms with Crippen molar-refractivity contribution in [2.75, 3.05) is 13.2 Å². The maximum absolute atomic E-state index is 12.0. The van der Waals surface area contributed by atoms with Gasteiger partial charge in [0.2, 0.25) is 5.79 Å². The number of ether oxygens (including phenoxy) is 3. The molecule has 7 aliphatic rings. The molecule has 0 aromatic rings. The Morgan fingerprint density at radius 1 is 0.623 bits per heavy atom. The molecule has 20 atom stereocenters. The first-order valence-corrected chi connectivity index (χ1v) is 21.0. The molecule has 5 saturated carbocycles. The van der Waals surface area contributed by atoms with Gasteiger partial charge < -0.3 is 55.1 Å². The Morgan fingerprint density at radius 3 is 1.91 bits per heavy atom. The smallest absolute Gasteiger partial charge is 0.203 e. The second-order valence-corrected chi connectivity index (χ2v) is 21.0. The van der Waals surface area contributed by atoms with Crippen molar-refractivity contribution in [2.24, 2.45) is 68.5 Å². The van der Waals surface area contributed by atoms with Crippen LogP contribution in [0.3, 0.4) is 0 Å². The minimum Gasteiger partial charge on any atom is -0.394 e. The van der Waals surface area contributed by atoms with Crippen molar-refractivity contribution in [1.82, 2.24) is 0 Å². The Balaban J connectivity index is 1.24. The third kappa shape index (κ3) is 5.59.